The fourth-order valence-corrected chi connectivity index (χ4v) is 3.52. The number of thioether (sulfide) groups is 1. The van der Waals surface area contributed by atoms with Crippen molar-refractivity contribution in [2.75, 3.05) is 11.1 Å². The molecule has 23 heavy (non-hydrogen) atoms. The third kappa shape index (κ3) is 3.90. The number of carbonyl (C=O) groups is 1. The molecule has 1 aliphatic rings. The predicted octanol–water partition coefficient (Wildman–Crippen LogP) is 4.01. The topological polar surface area (TPSA) is 46.9 Å². The highest BCUT2D eigenvalue weighted by molar-refractivity contribution is 8.00. The summed E-state index contributed by atoms with van der Waals surface area (Å²) in [6.07, 6.45) is 6.13. The fourth-order valence-electron chi connectivity index (χ4n) is 2.76. The van der Waals surface area contributed by atoms with Gasteiger partial charge in [-0.3, -0.25) is 4.79 Å². The normalized spacial score (nSPS) is 15.0. The van der Waals surface area contributed by atoms with Crippen LogP contribution in [0.25, 0.3) is 0 Å². The van der Waals surface area contributed by atoms with Crippen molar-refractivity contribution in [3.63, 3.8) is 0 Å². The van der Waals surface area contributed by atoms with Crippen LogP contribution in [0.15, 0.2) is 35.4 Å². The third-order valence-corrected chi connectivity index (χ3v) is 4.89. The van der Waals surface area contributed by atoms with Gasteiger partial charge in [0.2, 0.25) is 5.91 Å². The number of nitrogens with zero attached hydrogens (tertiary/aromatic N) is 2. The summed E-state index contributed by atoms with van der Waals surface area (Å²) < 4.78 is 28.5. The van der Waals surface area contributed by atoms with E-state index in [0.717, 1.165) is 42.8 Å². The van der Waals surface area contributed by atoms with Gasteiger partial charge in [0.1, 0.15) is 17.5 Å². The van der Waals surface area contributed by atoms with E-state index in [2.05, 4.69) is 10.4 Å². The Balaban J connectivity index is 1.59. The quantitative estimate of drug-likeness (QED) is 0.839. The van der Waals surface area contributed by atoms with E-state index in [0.29, 0.717) is 11.9 Å². The van der Waals surface area contributed by atoms with Gasteiger partial charge < -0.3 is 5.32 Å². The largest absolute Gasteiger partial charge is 0.310 e. The second-order valence-electron chi connectivity index (χ2n) is 5.51. The van der Waals surface area contributed by atoms with E-state index in [-0.39, 0.29) is 16.6 Å². The third-order valence-electron chi connectivity index (χ3n) is 3.86. The molecular formula is C16H17F2N3OS. The van der Waals surface area contributed by atoms with Gasteiger partial charge in [0.15, 0.2) is 0 Å². The maximum absolute atomic E-state index is 13.5. The zero-order chi connectivity index (χ0) is 16.2. The first kappa shape index (κ1) is 16.0. The monoisotopic (exact) mass is 337 g/mol. The predicted molar refractivity (Wildman–Crippen MR) is 85.4 cm³/mol. The van der Waals surface area contributed by atoms with Crippen LogP contribution in [-0.2, 0) is 4.79 Å². The minimum atomic E-state index is -0.528. The Labute approximate surface area is 137 Å². The van der Waals surface area contributed by atoms with Crippen LogP contribution in [-0.4, -0.2) is 21.4 Å². The van der Waals surface area contributed by atoms with Crippen molar-refractivity contribution in [2.45, 2.75) is 36.6 Å². The molecule has 0 saturated heterocycles. The number of hydrogen-bond acceptors (Lipinski definition) is 3. The molecule has 0 atom stereocenters. The van der Waals surface area contributed by atoms with Crippen LogP contribution < -0.4 is 5.32 Å². The zero-order valence-electron chi connectivity index (χ0n) is 12.5. The Kier molecular flexibility index (Phi) is 4.95. The van der Waals surface area contributed by atoms with Crippen LogP contribution in [0.2, 0.25) is 0 Å². The van der Waals surface area contributed by atoms with Gasteiger partial charge in [-0.25, -0.2) is 13.5 Å². The van der Waals surface area contributed by atoms with Gasteiger partial charge in [0, 0.05) is 11.0 Å². The van der Waals surface area contributed by atoms with Crippen LogP contribution in [0.3, 0.4) is 0 Å². The van der Waals surface area contributed by atoms with E-state index in [1.165, 1.54) is 12.8 Å². The van der Waals surface area contributed by atoms with Crippen molar-refractivity contribution in [1.29, 1.82) is 0 Å². The lowest BCUT2D eigenvalue weighted by Crippen LogP contribution is -2.19. The molecule has 0 spiro atoms. The highest BCUT2D eigenvalue weighted by atomic mass is 32.2. The second-order valence-corrected chi connectivity index (χ2v) is 6.53. The first-order valence-electron chi connectivity index (χ1n) is 7.54. The summed E-state index contributed by atoms with van der Waals surface area (Å²) >= 11 is 0.973. The molecule has 1 fully saturated rings. The summed E-state index contributed by atoms with van der Waals surface area (Å²) in [7, 11) is 0. The van der Waals surface area contributed by atoms with E-state index in [1.54, 1.807) is 12.3 Å². The van der Waals surface area contributed by atoms with E-state index in [4.69, 9.17) is 0 Å². The molecular weight excluding hydrogens is 320 g/mol. The molecule has 1 aromatic carbocycles. The molecule has 2 aromatic rings. The fraction of sp³-hybridized carbons (Fsp3) is 0.375. The van der Waals surface area contributed by atoms with E-state index in [9.17, 15) is 13.6 Å². The van der Waals surface area contributed by atoms with Crippen molar-refractivity contribution < 1.29 is 13.6 Å². The molecule has 4 nitrogen and oxygen atoms in total. The van der Waals surface area contributed by atoms with Gasteiger partial charge in [-0.2, -0.15) is 5.10 Å². The van der Waals surface area contributed by atoms with Crippen LogP contribution in [0.1, 0.15) is 31.7 Å². The number of rotatable bonds is 5. The van der Waals surface area contributed by atoms with Gasteiger partial charge in [0.25, 0.3) is 0 Å². The van der Waals surface area contributed by atoms with Crippen LogP contribution in [0.4, 0.5) is 14.6 Å². The summed E-state index contributed by atoms with van der Waals surface area (Å²) in [4.78, 5) is 12.2. The molecule has 1 aliphatic carbocycles. The average molecular weight is 337 g/mol. The maximum atomic E-state index is 13.5. The second kappa shape index (κ2) is 7.12. The van der Waals surface area contributed by atoms with Crippen molar-refractivity contribution >= 4 is 23.5 Å². The number of nitrogens with one attached hydrogen (secondary N) is 1. The molecule has 1 heterocycles. The summed E-state index contributed by atoms with van der Waals surface area (Å²) in [6.45, 7) is 0. The van der Waals surface area contributed by atoms with Crippen molar-refractivity contribution in [1.82, 2.24) is 9.78 Å². The van der Waals surface area contributed by atoms with Crippen molar-refractivity contribution in [3.05, 3.63) is 42.1 Å². The first-order chi connectivity index (χ1) is 11.1. The van der Waals surface area contributed by atoms with E-state index in [1.807, 2.05) is 4.68 Å². The van der Waals surface area contributed by atoms with Gasteiger partial charge in [0.05, 0.1) is 18.0 Å². The molecule has 0 radical (unpaired) electrons. The summed E-state index contributed by atoms with van der Waals surface area (Å²) in [5.41, 5.74) is 0. The summed E-state index contributed by atoms with van der Waals surface area (Å²) in [5, 5.41) is 7.08. The summed E-state index contributed by atoms with van der Waals surface area (Å²) in [5.74, 6) is -0.648. The number of carbonyl (C=O) groups excluding carboxylic acids is 1. The Morgan fingerprint density at radius 3 is 2.87 bits per heavy atom. The zero-order valence-corrected chi connectivity index (χ0v) is 13.3. The molecule has 122 valence electrons. The minimum Gasteiger partial charge on any atom is -0.310 e. The Hall–Kier alpha value is -1.89. The molecule has 1 saturated carbocycles. The smallest absolute Gasteiger partial charge is 0.235 e. The van der Waals surface area contributed by atoms with E-state index < -0.39 is 11.6 Å². The van der Waals surface area contributed by atoms with E-state index >= 15 is 0 Å². The average Bonchev–Trinajstić information content (AvgIpc) is 3.19. The standard InChI is InChI=1S/C16H17F2N3OS/c17-11-5-6-13(18)14(9-11)23-10-16(22)20-15-7-8-19-21(15)12-3-1-2-4-12/h5-9,12H,1-4,10H2,(H,20,22). The van der Waals surface area contributed by atoms with Gasteiger partial charge in [-0.15, -0.1) is 11.8 Å². The minimum absolute atomic E-state index is 0.0101. The molecule has 1 amide bonds. The van der Waals surface area contributed by atoms with Crippen molar-refractivity contribution in [2.24, 2.45) is 0 Å². The van der Waals surface area contributed by atoms with Crippen LogP contribution in [0, 0.1) is 11.6 Å². The number of hydrogen-bond donors (Lipinski definition) is 1. The SMILES string of the molecule is O=C(CSc1cc(F)ccc1F)Nc1ccnn1C1CCCC1. The molecule has 0 unspecified atom stereocenters. The van der Waals surface area contributed by atoms with Crippen LogP contribution >= 0.6 is 11.8 Å². The summed E-state index contributed by atoms with van der Waals surface area (Å²) in [6, 6.07) is 5.29. The number of aromatic nitrogens is 2. The molecule has 0 aliphatic heterocycles. The molecule has 1 aromatic heterocycles. The molecule has 7 heteroatoms. The Bertz CT molecular complexity index is 698. The first-order valence-corrected chi connectivity index (χ1v) is 8.53. The number of anilines is 1. The number of benzene rings is 1. The Morgan fingerprint density at radius 2 is 2.09 bits per heavy atom. The lowest BCUT2D eigenvalue weighted by molar-refractivity contribution is -0.113. The van der Waals surface area contributed by atoms with Crippen molar-refractivity contribution in [3.8, 4) is 0 Å². The molecule has 0 bridgehead atoms. The van der Waals surface area contributed by atoms with Gasteiger partial charge in [-0.1, -0.05) is 12.8 Å². The lowest BCUT2D eigenvalue weighted by atomic mass is 10.2. The molecule has 1 N–H and O–H groups in total. The highest BCUT2D eigenvalue weighted by Gasteiger charge is 2.20. The molecule has 3 rings (SSSR count). The number of halogens is 2. The van der Waals surface area contributed by atoms with Gasteiger partial charge >= 0.3 is 0 Å². The lowest BCUT2D eigenvalue weighted by Gasteiger charge is -2.14. The number of amides is 1. The highest BCUT2D eigenvalue weighted by Crippen LogP contribution is 2.31. The maximum Gasteiger partial charge on any atom is 0.235 e. The Morgan fingerprint density at radius 1 is 1.30 bits per heavy atom. The van der Waals surface area contributed by atoms with Gasteiger partial charge in [-0.05, 0) is 31.0 Å². The van der Waals surface area contributed by atoms with Crippen LogP contribution in [0.5, 0.6) is 0 Å².